The van der Waals surface area contributed by atoms with Gasteiger partial charge in [0, 0.05) is 18.6 Å². The minimum atomic E-state index is -0.654. The van der Waals surface area contributed by atoms with Gasteiger partial charge >= 0.3 is 5.97 Å². The second kappa shape index (κ2) is 8.88. The summed E-state index contributed by atoms with van der Waals surface area (Å²) in [4.78, 5) is 27.8. The smallest absolute Gasteiger partial charge is 0.316 e. The lowest BCUT2D eigenvalue weighted by Gasteiger charge is -2.40. The normalized spacial score (nSPS) is 25.2. The lowest BCUT2D eigenvalue weighted by atomic mass is 9.72. The lowest BCUT2D eigenvalue weighted by molar-refractivity contribution is -0.194. The Morgan fingerprint density at radius 1 is 1.13 bits per heavy atom. The first-order valence-corrected chi connectivity index (χ1v) is 11.3. The minimum Gasteiger partial charge on any atom is -0.465 e. The molecule has 2 heterocycles. The summed E-state index contributed by atoms with van der Waals surface area (Å²) in [6, 6.07) is 9.69. The third kappa shape index (κ3) is 4.64. The zero-order valence-corrected chi connectivity index (χ0v) is 19.5. The molecule has 172 valence electrons. The number of amides is 1. The number of ether oxygens (including phenoxy) is 1. The van der Waals surface area contributed by atoms with Crippen molar-refractivity contribution >= 4 is 11.9 Å². The van der Waals surface area contributed by atoms with Crippen LogP contribution in [-0.2, 0) is 19.7 Å². The van der Waals surface area contributed by atoms with Crippen molar-refractivity contribution in [2.24, 2.45) is 0 Å². The van der Waals surface area contributed by atoms with Crippen LogP contribution in [-0.4, -0.2) is 70.4 Å². The summed E-state index contributed by atoms with van der Waals surface area (Å²) in [5.74, 6) is -0.226. The van der Waals surface area contributed by atoms with E-state index in [1.807, 2.05) is 65.0 Å². The van der Waals surface area contributed by atoms with Crippen LogP contribution < -0.4 is 5.32 Å². The highest BCUT2D eigenvalue weighted by Gasteiger charge is 2.52. The maximum Gasteiger partial charge on any atom is 0.316 e. The quantitative estimate of drug-likeness (QED) is 0.674. The molecule has 31 heavy (non-hydrogen) atoms. The van der Waals surface area contributed by atoms with Gasteiger partial charge in [-0.25, -0.2) is 0 Å². The number of nitrogens with zero attached hydrogens (tertiary/aromatic N) is 2. The van der Waals surface area contributed by atoms with Crippen molar-refractivity contribution in [2.75, 3.05) is 26.2 Å². The third-order valence-corrected chi connectivity index (χ3v) is 7.08. The Labute approximate surface area is 185 Å². The number of carbonyl (C=O) groups is 2. The highest BCUT2D eigenvalue weighted by molar-refractivity contribution is 5.83. The number of likely N-dealkylation sites (tertiary alicyclic amines) is 1. The standard InChI is InChI=1S/C24H37N3O4/c1-6-31-21(29)24(18-10-8-7-9-11-18)12-14-26(15-13-24)17-20(28)25-19-16-22(2,3)27(30)23(19,4)5/h7-11,19,30H,6,12-17H2,1-5H3,(H,25,28). The van der Waals surface area contributed by atoms with E-state index >= 15 is 0 Å². The van der Waals surface area contributed by atoms with Crippen LogP contribution in [0.4, 0.5) is 0 Å². The molecule has 1 aromatic rings. The van der Waals surface area contributed by atoms with Crippen LogP contribution in [0, 0.1) is 0 Å². The number of nitrogens with one attached hydrogen (secondary N) is 1. The second-order valence-electron chi connectivity index (χ2n) is 10.0. The molecule has 0 aromatic heterocycles. The highest BCUT2D eigenvalue weighted by atomic mass is 16.5. The molecule has 2 saturated heterocycles. The molecule has 1 unspecified atom stereocenters. The van der Waals surface area contributed by atoms with Crippen molar-refractivity contribution in [1.29, 1.82) is 0 Å². The molecule has 0 saturated carbocycles. The minimum absolute atomic E-state index is 0.0486. The van der Waals surface area contributed by atoms with E-state index in [1.165, 1.54) is 5.06 Å². The van der Waals surface area contributed by atoms with Gasteiger partial charge in [0.1, 0.15) is 0 Å². The fourth-order valence-corrected chi connectivity index (χ4v) is 5.16. The molecule has 3 rings (SSSR count). The number of esters is 1. The summed E-state index contributed by atoms with van der Waals surface area (Å²) in [7, 11) is 0. The topological polar surface area (TPSA) is 82.1 Å². The fraction of sp³-hybridized carbons (Fsp3) is 0.667. The van der Waals surface area contributed by atoms with Gasteiger partial charge in [0.15, 0.2) is 0 Å². The monoisotopic (exact) mass is 431 g/mol. The zero-order chi connectivity index (χ0) is 22.9. The molecule has 0 radical (unpaired) electrons. The maximum absolute atomic E-state index is 12.9. The Balaban J connectivity index is 1.62. The van der Waals surface area contributed by atoms with E-state index < -0.39 is 11.0 Å². The molecule has 2 aliphatic rings. The van der Waals surface area contributed by atoms with Gasteiger partial charge in [0.2, 0.25) is 5.91 Å². The Morgan fingerprint density at radius 3 is 2.26 bits per heavy atom. The summed E-state index contributed by atoms with van der Waals surface area (Å²) in [6.07, 6.45) is 1.92. The summed E-state index contributed by atoms with van der Waals surface area (Å²) in [5, 5.41) is 15.0. The van der Waals surface area contributed by atoms with Crippen LogP contribution in [0.15, 0.2) is 30.3 Å². The molecule has 1 amide bonds. The van der Waals surface area contributed by atoms with Gasteiger partial charge in [0.05, 0.1) is 30.1 Å². The van der Waals surface area contributed by atoms with Gasteiger partial charge in [-0.15, -0.1) is 0 Å². The van der Waals surface area contributed by atoms with Crippen molar-refractivity contribution in [3.63, 3.8) is 0 Å². The number of rotatable bonds is 6. The van der Waals surface area contributed by atoms with E-state index in [4.69, 9.17) is 4.74 Å². The maximum atomic E-state index is 12.9. The average molecular weight is 432 g/mol. The Morgan fingerprint density at radius 2 is 1.74 bits per heavy atom. The van der Waals surface area contributed by atoms with Crippen LogP contribution in [0.25, 0.3) is 0 Å². The summed E-state index contributed by atoms with van der Waals surface area (Å²) >= 11 is 0. The molecule has 0 bridgehead atoms. The molecule has 7 nitrogen and oxygen atoms in total. The molecule has 1 atom stereocenters. The average Bonchev–Trinajstić information content (AvgIpc) is 2.88. The predicted octanol–water partition coefficient (Wildman–Crippen LogP) is 2.72. The Bertz CT molecular complexity index is 785. The van der Waals surface area contributed by atoms with Crippen LogP contribution in [0.1, 0.15) is 59.4 Å². The number of carbonyl (C=O) groups excluding carboxylic acids is 2. The van der Waals surface area contributed by atoms with Crippen molar-refractivity contribution in [2.45, 2.75) is 76.4 Å². The van der Waals surface area contributed by atoms with Gasteiger partial charge in [-0.05, 0) is 59.4 Å². The SMILES string of the molecule is CCOC(=O)C1(c2ccccc2)CCN(CC(=O)NC2CC(C)(C)N(O)C2(C)C)CC1. The number of hydrogen-bond donors (Lipinski definition) is 2. The molecule has 1 aromatic carbocycles. The zero-order valence-electron chi connectivity index (χ0n) is 19.5. The lowest BCUT2D eigenvalue weighted by Crippen LogP contribution is -2.55. The van der Waals surface area contributed by atoms with E-state index in [1.54, 1.807) is 0 Å². The predicted molar refractivity (Wildman–Crippen MR) is 119 cm³/mol. The van der Waals surface area contributed by atoms with Gasteiger partial charge in [0.25, 0.3) is 0 Å². The van der Waals surface area contributed by atoms with Crippen LogP contribution in [0.5, 0.6) is 0 Å². The fourth-order valence-electron chi connectivity index (χ4n) is 5.16. The van der Waals surface area contributed by atoms with E-state index in [0.29, 0.717) is 39.0 Å². The number of piperidine rings is 1. The van der Waals surface area contributed by atoms with E-state index in [-0.39, 0.29) is 30.0 Å². The van der Waals surface area contributed by atoms with Crippen molar-refractivity contribution < 1.29 is 19.5 Å². The molecule has 2 aliphatic heterocycles. The van der Waals surface area contributed by atoms with Crippen LogP contribution in [0.3, 0.4) is 0 Å². The first-order chi connectivity index (χ1) is 14.5. The van der Waals surface area contributed by atoms with E-state index in [2.05, 4.69) is 10.2 Å². The van der Waals surface area contributed by atoms with Gasteiger partial charge in [-0.1, -0.05) is 30.3 Å². The van der Waals surface area contributed by atoms with Crippen molar-refractivity contribution in [3.8, 4) is 0 Å². The molecule has 2 N–H and O–H groups in total. The first kappa shape index (κ1) is 23.7. The molecule has 2 fully saturated rings. The number of hydroxylamine groups is 2. The van der Waals surface area contributed by atoms with Crippen LogP contribution in [0.2, 0.25) is 0 Å². The van der Waals surface area contributed by atoms with Crippen molar-refractivity contribution in [3.05, 3.63) is 35.9 Å². The third-order valence-electron chi connectivity index (χ3n) is 7.08. The molecular formula is C24H37N3O4. The largest absolute Gasteiger partial charge is 0.465 e. The summed E-state index contributed by atoms with van der Waals surface area (Å²) < 4.78 is 5.43. The summed E-state index contributed by atoms with van der Waals surface area (Å²) in [5.41, 5.74) is -0.593. The first-order valence-electron chi connectivity index (χ1n) is 11.3. The highest BCUT2D eigenvalue weighted by Crippen LogP contribution is 2.39. The molecule has 0 aliphatic carbocycles. The van der Waals surface area contributed by atoms with Gasteiger partial charge in [-0.3, -0.25) is 14.5 Å². The van der Waals surface area contributed by atoms with E-state index in [9.17, 15) is 14.8 Å². The second-order valence-corrected chi connectivity index (χ2v) is 10.0. The van der Waals surface area contributed by atoms with Crippen LogP contribution >= 0.6 is 0 Å². The van der Waals surface area contributed by atoms with E-state index in [0.717, 1.165) is 5.56 Å². The number of benzene rings is 1. The Kier molecular flexibility index (Phi) is 6.79. The van der Waals surface area contributed by atoms with Gasteiger partial charge < -0.3 is 15.3 Å². The van der Waals surface area contributed by atoms with Gasteiger partial charge in [-0.2, -0.15) is 5.06 Å². The summed E-state index contributed by atoms with van der Waals surface area (Å²) in [6.45, 7) is 11.6. The Hall–Kier alpha value is -1.96. The molecule has 0 spiro atoms. The molecular weight excluding hydrogens is 394 g/mol. The van der Waals surface area contributed by atoms with Crippen molar-refractivity contribution in [1.82, 2.24) is 15.3 Å². The number of hydrogen-bond acceptors (Lipinski definition) is 6. The molecule has 7 heteroatoms.